The Labute approximate surface area is 81.8 Å². The minimum Gasteiger partial charge on any atom is -0.396 e. The number of rotatable bonds is 1. The third kappa shape index (κ3) is 26.2. The second-order valence-corrected chi connectivity index (χ2v) is 1.58. The summed E-state index contributed by atoms with van der Waals surface area (Å²) >= 11 is 0. The quantitative estimate of drug-likeness (QED) is 0.724. The number of hydrogen-bond donors (Lipinski definition) is 1. The van der Waals surface area contributed by atoms with Gasteiger partial charge in [0.05, 0.1) is 0 Å². The maximum absolute atomic E-state index is 8.14. The van der Waals surface area contributed by atoms with Crippen LogP contribution in [0.2, 0.25) is 0 Å². The number of aliphatic hydroxyl groups excluding tert-OH is 1. The van der Waals surface area contributed by atoms with E-state index in [0.717, 1.165) is 0 Å². The average Bonchev–Trinajstić information content (AvgIpc) is 1.38. The molecule has 4 heteroatoms. The predicted molar refractivity (Wildman–Crippen MR) is 36.4 cm³/mol. The summed E-state index contributed by atoms with van der Waals surface area (Å²) in [6.45, 7) is 4.25. The summed E-state index contributed by atoms with van der Waals surface area (Å²) in [5.41, 5.74) is 0. The first-order chi connectivity index (χ1) is 2.27. The molecule has 0 amide bonds. The number of hydrogen-bond acceptors (Lipinski definition) is 1. The summed E-state index contributed by atoms with van der Waals surface area (Å²) in [7, 11) is 0. The van der Waals surface area contributed by atoms with Crippen molar-refractivity contribution in [1.29, 1.82) is 0 Å². The Hall–Kier alpha value is 1.41. The van der Waals surface area contributed by atoms with E-state index in [1.165, 1.54) is 0 Å². The molecular weight excluding hydrogens is 313 g/mol. The third-order valence-corrected chi connectivity index (χ3v) is 0.365. The van der Waals surface area contributed by atoms with Gasteiger partial charge < -0.3 is 5.11 Å². The van der Waals surface area contributed by atoms with E-state index in [-0.39, 0.29) is 50.7 Å². The van der Waals surface area contributed by atoms with Gasteiger partial charge in [0.1, 0.15) is 0 Å². The molecule has 0 heterocycles. The molecule has 0 saturated carbocycles. The molecule has 0 atom stereocenters. The fourth-order valence-corrected chi connectivity index (χ4v) is 0. The van der Waals surface area contributed by atoms with Crippen LogP contribution in [-0.2, 0) is 25.8 Å². The van der Waals surface area contributed by atoms with Crippen LogP contribution in [0.1, 0.15) is 13.8 Å². The van der Waals surface area contributed by atoms with Gasteiger partial charge in [-0.15, -0.1) is 24.8 Å². The molecule has 0 aromatic rings. The fourth-order valence-electron chi connectivity index (χ4n) is 0. The Balaban J connectivity index is -0.0000000267. The average molecular weight is 326 g/mol. The molecule has 0 aliphatic rings. The van der Waals surface area contributed by atoms with Crippen molar-refractivity contribution in [2.45, 2.75) is 13.8 Å². The fraction of sp³-hybridized carbons (Fsp3) is 1.00. The molecule has 0 aliphatic heterocycles. The van der Waals surface area contributed by atoms with E-state index in [2.05, 4.69) is 0 Å². The summed E-state index contributed by atoms with van der Waals surface area (Å²) in [6.07, 6.45) is 0. The van der Waals surface area contributed by atoms with Crippen molar-refractivity contribution >= 4 is 24.8 Å². The Kier molecular flexibility index (Phi) is 44.8. The second-order valence-electron chi connectivity index (χ2n) is 1.58. The molecule has 0 aromatic carbocycles. The molecule has 0 bridgehead atoms. The Morgan fingerprint density at radius 1 is 1.25 bits per heavy atom. The molecule has 0 radical (unpaired) electrons. The van der Waals surface area contributed by atoms with Crippen LogP contribution < -0.4 is 0 Å². The molecule has 0 aliphatic carbocycles. The van der Waals surface area contributed by atoms with Crippen LogP contribution in [0.15, 0.2) is 0 Å². The van der Waals surface area contributed by atoms with Crippen LogP contribution in [0.25, 0.3) is 0 Å². The van der Waals surface area contributed by atoms with E-state index in [9.17, 15) is 0 Å². The van der Waals surface area contributed by atoms with Crippen molar-refractivity contribution in [2.24, 2.45) is 5.92 Å². The normalized spacial score (nSPS) is 6.00. The van der Waals surface area contributed by atoms with E-state index in [1.54, 1.807) is 0 Å². The first-order valence-electron chi connectivity index (χ1n) is 1.88. The maximum Gasteiger partial charge on any atom is 0.0453 e. The van der Waals surface area contributed by atoms with Crippen molar-refractivity contribution < 1.29 is 30.9 Å². The minimum absolute atomic E-state index is 0. The van der Waals surface area contributed by atoms with Gasteiger partial charge in [-0.05, 0) is 5.92 Å². The Bertz CT molecular complexity index is 28.0. The molecule has 8 heavy (non-hydrogen) atoms. The molecule has 0 saturated heterocycles. The first kappa shape index (κ1) is 22.7. The SMILES string of the molecule is CC(C)CO.Cl.Cl.[Hf]. The summed E-state index contributed by atoms with van der Waals surface area (Å²) in [4.78, 5) is 0. The van der Waals surface area contributed by atoms with E-state index in [1.807, 2.05) is 13.8 Å². The van der Waals surface area contributed by atoms with Gasteiger partial charge in [-0.1, -0.05) is 13.8 Å². The zero-order valence-corrected chi connectivity index (χ0v) is 10.3. The van der Waals surface area contributed by atoms with Crippen molar-refractivity contribution in [3.05, 3.63) is 0 Å². The van der Waals surface area contributed by atoms with E-state index >= 15 is 0 Å². The zero-order valence-electron chi connectivity index (χ0n) is 5.05. The maximum atomic E-state index is 8.14. The van der Waals surface area contributed by atoms with Crippen LogP contribution in [0.3, 0.4) is 0 Å². The number of halogens is 2. The molecule has 1 N–H and O–H groups in total. The summed E-state index contributed by atoms with van der Waals surface area (Å²) < 4.78 is 0. The molecule has 0 rings (SSSR count). The van der Waals surface area contributed by atoms with Crippen LogP contribution >= 0.6 is 24.8 Å². The standard InChI is InChI=1S/C4H10O.2ClH.Hf/c1-4(2)3-5;;;/h4-5H,3H2,1-2H3;2*1H;. The topological polar surface area (TPSA) is 20.2 Å². The van der Waals surface area contributed by atoms with E-state index < -0.39 is 0 Å². The summed E-state index contributed by atoms with van der Waals surface area (Å²) in [6, 6.07) is 0. The van der Waals surface area contributed by atoms with Crippen molar-refractivity contribution in [3.63, 3.8) is 0 Å². The van der Waals surface area contributed by atoms with Gasteiger partial charge in [0, 0.05) is 32.5 Å². The van der Waals surface area contributed by atoms with Crippen molar-refractivity contribution in [2.75, 3.05) is 6.61 Å². The van der Waals surface area contributed by atoms with E-state index in [0.29, 0.717) is 12.5 Å². The van der Waals surface area contributed by atoms with Gasteiger partial charge in [0.25, 0.3) is 0 Å². The largest absolute Gasteiger partial charge is 0.396 e. The zero-order chi connectivity index (χ0) is 4.28. The van der Waals surface area contributed by atoms with Gasteiger partial charge in [-0.3, -0.25) is 0 Å². The molecule has 52 valence electrons. The summed E-state index contributed by atoms with van der Waals surface area (Å²) in [5.74, 6) is 0.440. The van der Waals surface area contributed by atoms with Crippen LogP contribution in [0.5, 0.6) is 0 Å². The predicted octanol–water partition coefficient (Wildman–Crippen LogP) is 1.48. The van der Waals surface area contributed by atoms with Gasteiger partial charge in [-0.25, -0.2) is 0 Å². The van der Waals surface area contributed by atoms with Gasteiger partial charge in [0.15, 0.2) is 0 Å². The molecule has 0 aromatic heterocycles. The molecule has 0 fully saturated rings. The number of aliphatic hydroxyl groups is 1. The smallest absolute Gasteiger partial charge is 0.0453 e. The van der Waals surface area contributed by atoms with Gasteiger partial charge >= 0.3 is 0 Å². The monoisotopic (exact) mass is 326 g/mol. The van der Waals surface area contributed by atoms with Crippen LogP contribution in [-0.4, -0.2) is 11.7 Å². The van der Waals surface area contributed by atoms with Gasteiger partial charge in [0.2, 0.25) is 0 Å². The van der Waals surface area contributed by atoms with Gasteiger partial charge in [-0.2, -0.15) is 0 Å². The van der Waals surface area contributed by atoms with Crippen LogP contribution in [0, 0.1) is 5.92 Å². The molecule has 0 spiro atoms. The molecule has 0 unspecified atom stereocenters. The second kappa shape index (κ2) is 15.8. The van der Waals surface area contributed by atoms with Crippen LogP contribution in [0.4, 0.5) is 0 Å². The van der Waals surface area contributed by atoms with Crippen molar-refractivity contribution in [3.8, 4) is 0 Å². The summed E-state index contributed by atoms with van der Waals surface area (Å²) in [5, 5.41) is 8.14. The van der Waals surface area contributed by atoms with Crippen molar-refractivity contribution in [1.82, 2.24) is 0 Å². The molecule has 1 nitrogen and oxygen atoms in total. The third-order valence-electron chi connectivity index (χ3n) is 0.365. The minimum atomic E-state index is 0. The van der Waals surface area contributed by atoms with E-state index in [4.69, 9.17) is 5.11 Å². The molecular formula is C4H12Cl2HfO. The Morgan fingerprint density at radius 3 is 1.38 bits per heavy atom. The first-order valence-corrected chi connectivity index (χ1v) is 1.88. The Morgan fingerprint density at radius 2 is 1.38 bits per heavy atom.